The van der Waals surface area contributed by atoms with Gasteiger partial charge in [-0.25, -0.2) is 0 Å². The second kappa shape index (κ2) is 5.24. The molecule has 0 aromatic rings. The Morgan fingerprint density at radius 2 is 2.58 bits per heavy atom. The SMILES string of the molecule is COCCC(=O)C1CNCCO1. The lowest BCUT2D eigenvalue weighted by Gasteiger charge is -2.22. The molecule has 0 aliphatic carbocycles. The summed E-state index contributed by atoms with van der Waals surface area (Å²) in [6.07, 6.45) is 0.192. The van der Waals surface area contributed by atoms with Crippen molar-refractivity contribution in [2.75, 3.05) is 33.4 Å². The fourth-order valence-electron chi connectivity index (χ4n) is 1.14. The summed E-state index contributed by atoms with van der Waals surface area (Å²) in [6, 6.07) is 0. The Morgan fingerprint density at radius 1 is 1.75 bits per heavy atom. The van der Waals surface area contributed by atoms with Gasteiger partial charge in [-0.1, -0.05) is 0 Å². The molecule has 0 aromatic heterocycles. The minimum absolute atomic E-state index is 0.129. The first-order valence-corrected chi connectivity index (χ1v) is 4.18. The number of nitrogens with one attached hydrogen (secondary N) is 1. The second-order valence-corrected chi connectivity index (χ2v) is 2.77. The molecule has 1 aliphatic rings. The van der Waals surface area contributed by atoms with Crippen LogP contribution in [0.4, 0.5) is 0 Å². The molecule has 1 unspecified atom stereocenters. The summed E-state index contributed by atoms with van der Waals surface area (Å²) in [5.41, 5.74) is 0. The molecular weight excluding hydrogens is 158 g/mol. The smallest absolute Gasteiger partial charge is 0.165 e. The maximum absolute atomic E-state index is 11.3. The van der Waals surface area contributed by atoms with Crippen molar-refractivity contribution >= 4 is 5.78 Å². The van der Waals surface area contributed by atoms with E-state index in [1.807, 2.05) is 0 Å². The topological polar surface area (TPSA) is 47.6 Å². The summed E-state index contributed by atoms with van der Waals surface area (Å²) in [5.74, 6) is 0.129. The fourth-order valence-corrected chi connectivity index (χ4v) is 1.14. The lowest BCUT2D eigenvalue weighted by Crippen LogP contribution is -2.43. The Hall–Kier alpha value is -0.450. The lowest BCUT2D eigenvalue weighted by atomic mass is 10.1. The average Bonchev–Trinajstić information content (AvgIpc) is 2.15. The molecule has 0 bridgehead atoms. The van der Waals surface area contributed by atoms with Gasteiger partial charge in [0.05, 0.1) is 13.2 Å². The van der Waals surface area contributed by atoms with Gasteiger partial charge in [0.25, 0.3) is 0 Å². The standard InChI is InChI=1S/C8H15NO3/c1-11-4-2-7(10)8-6-9-3-5-12-8/h8-9H,2-6H2,1H3. The number of hydrogen-bond donors (Lipinski definition) is 1. The highest BCUT2D eigenvalue weighted by molar-refractivity contribution is 5.83. The molecule has 0 radical (unpaired) electrons. The summed E-state index contributed by atoms with van der Waals surface area (Å²) >= 11 is 0. The molecule has 0 amide bonds. The second-order valence-electron chi connectivity index (χ2n) is 2.77. The first kappa shape index (κ1) is 9.64. The van der Waals surface area contributed by atoms with Crippen LogP contribution in [0.15, 0.2) is 0 Å². The van der Waals surface area contributed by atoms with Gasteiger partial charge in [-0.3, -0.25) is 4.79 Å². The quantitative estimate of drug-likeness (QED) is 0.627. The lowest BCUT2D eigenvalue weighted by molar-refractivity contribution is -0.132. The number of carbonyl (C=O) groups excluding carboxylic acids is 1. The van der Waals surface area contributed by atoms with Gasteiger partial charge in [0.2, 0.25) is 0 Å². The Bertz CT molecular complexity index is 143. The van der Waals surface area contributed by atoms with E-state index in [4.69, 9.17) is 9.47 Å². The molecule has 1 heterocycles. The number of ether oxygens (including phenoxy) is 2. The highest BCUT2D eigenvalue weighted by atomic mass is 16.5. The van der Waals surface area contributed by atoms with E-state index in [-0.39, 0.29) is 11.9 Å². The van der Waals surface area contributed by atoms with Crippen molar-refractivity contribution in [3.05, 3.63) is 0 Å². The van der Waals surface area contributed by atoms with Crippen molar-refractivity contribution in [3.8, 4) is 0 Å². The van der Waals surface area contributed by atoms with E-state index in [1.54, 1.807) is 7.11 Å². The molecule has 1 N–H and O–H groups in total. The predicted molar refractivity (Wildman–Crippen MR) is 44.1 cm³/mol. The monoisotopic (exact) mass is 173 g/mol. The van der Waals surface area contributed by atoms with Crippen LogP contribution >= 0.6 is 0 Å². The van der Waals surface area contributed by atoms with E-state index in [0.717, 1.165) is 6.54 Å². The van der Waals surface area contributed by atoms with Crippen LogP contribution in [-0.2, 0) is 14.3 Å². The van der Waals surface area contributed by atoms with E-state index in [1.165, 1.54) is 0 Å². The molecule has 1 aliphatic heterocycles. The minimum atomic E-state index is -0.256. The van der Waals surface area contributed by atoms with Gasteiger partial charge in [0.1, 0.15) is 6.10 Å². The number of rotatable bonds is 4. The summed E-state index contributed by atoms with van der Waals surface area (Å²) in [5, 5.41) is 3.11. The molecule has 1 fully saturated rings. The Labute approximate surface area is 72.2 Å². The maximum Gasteiger partial charge on any atom is 0.165 e. The van der Waals surface area contributed by atoms with Crippen LogP contribution in [0.3, 0.4) is 0 Å². The molecule has 0 spiro atoms. The predicted octanol–water partition coefficient (Wildman–Crippen LogP) is -0.420. The van der Waals surface area contributed by atoms with E-state index < -0.39 is 0 Å². The van der Waals surface area contributed by atoms with Crippen LogP contribution in [0.1, 0.15) is 6.42 Å². The van der Waals surface area contributed by atoms with Gasteiger partial charge < -0.3 is 14.8 Å². The zero-order valence-electron chi connectivity index (χ0n) is 7.34. The van der Waals surface area contributed by atoms with Crippen molar-refractivity contribution in [2.45, 2.75) is 12.5 Å². The number of ketones is 1. The highest BCUT2D eigenvalue weighted by Crippen LogP contribution is 2.00. The molecule has 0 aromatic carbocycles. The summed E-state index contributed by atoms with van der Waals surface area (Å²) in [4.78, 5) is 11.3. The van der Waals surface area contributed by atoms with Gasteiger partial charge in [0, 0.05) is 26.6 Å². The van der Waals surface area contributed by atoms with Gasteiger partial charge in [-0.05, 0) is 0 Å². The van der Waals surface area contributed by atoms with Crippen molar-refractivity contribution in [1.82, 2.24) is 5.32 Å². The number of morpholine rings is 1. The molecule has 1 atom stereocenters. The average molecular weight is 173 g/mol. The minimum Gasteiger partial charge on any atom is -0.384 e. The first-order chi connectivity index (χ1) is 5.84. The van der Waals surface area contributed by atoms with Crippen LogP contribution in [-0.4, -0.2) is 45.3 Å². The molecular formula is C8H15NO3. The van der Waals surface area contributed by atoms with E-state index >= 15 is 0 Å². The van der Waals surface area contributed by atoms with Gasteiger partial charge in [-0.15, -0.1) is 0 Å². The number of carbonyl (C=O) groups is 1. The van der Waals surface area contributed by atoms with E-state index in [0.29, 0.717) is 26.2 Å². The van der Waals surface area contributed by atoms with Crippen LogP contribution in [0, 0.1) is 0 Å². The van der Waals surface area contributed by atoms with Crippen molar-refractivity contribution in [1.29, 1.82) is 0 Å². The summed E-state index contributed by atoms with van der Waals surface area (Å²) in [7, 11) is 1.59. The van der Waals surface area contributed by atoms with E-state index in [2.05, 4.69) is 5.32 Å². The Morgan fingerprint density at radius 3 is 3.17 bits per heavy atom. The van der Waals surface area contributed by atoms with E-state index in [9.17, 15) is 4.79 Å². The molecule has 0 saturated carbocycles. The molecule has 4 heteroatoms. The van der Waals surface area contributed by atoms with Gasteiger partial charge >= 0.3 is 0 Å². The number of Topliss-reactive ketones (excluding diaryl/α,β-unsaturated/α-hetero) is 1. The van der Waals surface area contributed by atoms with Crippen LogP contribution in [0.2, 0.25) is 0 Å². The third-order valence-corrected chi connectivity index (χ3v) is 1.84. The normalized spacial score (nSPS) is 23.9. The molecule has 1 rings (SSSR count). The van der Waals surface area contributed by atoms with Crippen LogP contribution in [0.25, 0.3) is 0 Å². The van der Waals surface area contributed by atoms with Crippen LogP contribution < -0.4 is 5.32 Å². The molecule has 1 saturated heterocycles. The Balaban J connectivity index is 2.20. The van der Waals surface area contributed by atoms with Crippen molar-refractivity contribution in [3.63, 3.8) is 0 Å². The fraction of sp³-hybridized carbons (Fsp3) is 0.875. The summed E-state index contributed by atoms with van der Waals surface area (Å²) in [6.45, 7) is 2.60. The number of methoxy groups -OCH3 is 1. The van der Waals surface area contributed by atoms with Crippen molar-refractivity contribution in [2.24, 2.45) is 0 Å². The summed E-state index contributed by atoms with van der Waals surface area (Å²) < 4.78 is 10.1. The van der Waals surface area contributed by atoms with Gasteiger partial charge in [-0.2, -0.15) is 0 Å². The highest BCUT2D eigenvalue weighted by Gasteiger charge is 2.20. The third-order valence-electron chi connectivity index (χ3n) is 1.84. The van der Waals surface area contributed by atoms with Crippen LogP contribution in [0.5, 0.6) is 0 Å². The molecule has 12 heavy (non-hydrogen) atoms. The molecule has 4 nitrogen and oxygen atoms in total. The van der Waals surface area contributed by atoms with Gasteiger partial charge in [0.15, 0.2) is 5.78 Å². The Kier molecular flexibility index (Phi) is 4.21. The third kappa shape index (κ3) is 2.89. The van der Waals surface area contributed by atoms with Crippen molar-refractivity contribution < 1.29 is 14.3 Å². The number of hydrogen-bond acceptors (Lipinski definition) is 4. The zero-order chi connectivity index (χ0) is 8.81. The first-order valence-electron chi connectivity index (χ1n) is 4.18. The molecule has 70 valence electrons. The zero-order valence-corrected chi connectivity index (χ0v) is 7.34. The maximum atomic E-state index is 11.3. The largest absolute Gasteiger partial charge is 0.384 e.